The van der Waals surface area contributed by atoms with Crippen LogP contribution in [0, 0.1) is 5.92 Å². The van der Waals surface area contributed by atoms with Gasteiger partial charge in [0.25, 0.3) is 0 Å². The second kappa shape index (κ2) is 6.34. The Bertz CT molecular complexity index is 586. The molecule has 0 radical (unpaired) electrons. The Morgan fingerprint density at radius 1 is 1.52 bits per heavy atom. The van der Waals surface area contributed by atoms with Gasteiger partial charge in [-0.3, -0.25) is 4.40 Å². The lowest BCUT2D eigenvalue weighted by Gasteiger charge is -2.28. The molecule has 116 valence electrons. The third-order valence-corrected chi connectivity index (χ3v) is 4.85. The number of ether oxygens (including phenoxy) is 1. The highest BCUT2D eigenvalue weighted by Crippen LogP contribution is 2.27. The van der Waals surface area contributed by atoms with Crippen LogP contribution in [0.15, 0.2) is 11.6 Å². The first kappa shape index (κ1) is 14.8. The molecule has 1 atom stereocenters. The van der Waals surface area contributed by atoms with Gasteiger partial charge in [0, 0.05) is 50.8 Å². The van der Waals surface area contributed by atoms with Gasteiger partial charge in [-0.25, -0.2) is 4.98 Å². The number of rotatable bonds is 5. The van der Waals surface area contributed by atoms with Crippen molar-refractivity contribution in [2.45, 2.75) is 32.2 Å². The highest BCUT2D eigenvalue weighted by atomic mass is 32.1. The monoisotopic (exact) mass is 308 g/mol. The van der Waals surface area contributed by atoms with Gasteiger partial charge in [0.1, 0.15) is 0 Å². The number of nitrogens with zero attached hydrogens (tertiary/aromatic N) is 3. The number of thiazole rings is 1. The Morgan fingerprint density at radius 3 is 3.00 bits per heavy atom. The van der Waals surface area contributed by atoms with Crippen LogP contribution in [0.5, 0.6) is 0 Å². The number of aromatic nitrogens is 2. The van der Waals surface area contributed by atoms with Crippen molar-refractivity contribution in [1.29, 1.82) is 0 Å². The fourth-order valence-corrected chi connectivity index (χ4v) is 3.75. The van der Waals surface area contributed by atoms with E-state index in [2.05, 4.69) is 27.9 Å². The largest absolute Gasteiger partial charge is 0.381 e. The third kappa shape index (κ3) is 3.22. The van der Waals surface area contributed by atoms with Crippen LogP contribution in [0.4, 0.5) is 5.82 Å². The molecular formula is C15H24N4OS. The summed E-state index contributed by atoms with van der Waals surface area (Å²) in [6, 6.07) is 0.139. The standard InChI is InChI=1S/C15H24N4OS/c1-11(16)9-13-14(17-15-19(13)5-8-21-15)18(2)10-12-3-6-20-7-4-12/h5,8,11-12H,3-4,6-7,9-10,16H2,1-2H3. The number of hydrogen-bond acceptors (Lipinski definition) is 5. The number of hydrogen-bond donors (Lipinski definition) is 1. The van der Waals surface area contributed by atoms with Crippen LogP contribution < -0.4 is 10.6 Å². The molecule has 5 nitrogen and oxygen atoms in total. The Morgan fingerprint density at radius 2 is 2.29 bits per heavy atom. The fraction of sp³-hybridized carbons (Fsp3) is 0.667. The normalized spacial score (nSPS) is 18.2. The summed E-state index contributed by atoms with van der Waals surface area (Å²) in [5.74, 6) is 1.79. The van der Waals surface area contributed by atoms with E-state index < -0.39 is 0 Å². The highest BCUT2D eigenvalue weighted by molar-refractivity contribution is 7.15. The predicted molar refractivity (Wildman–Crippen MR) is 87.2 cm³/mol. The minimum atomic E-state index is 0.139. The maximum atomic E-state index is 6.02. The molecule has 2 N–H and O–H groups in total. The first-order valence-corrected chi connectivity index (χ1v) is 8.52. The highest BCUT2D eigenvalue weighted by Gasteiger charge is 2.21. The van der Waals surface area contributed by atoms with E-state index in [-0.39, 0.29) is 6.04 Å². The van der Waals surface area contributed by atoms with Crippen molar-refractivity contribution in [2.75, 3.05) is 31.7 Å². The van der Waals surface area contributed by atoms with Crippen molar-refractivity contribution in [3.63, 3.8) is 0 Å². The Hall–Kier alpha value is -1.11. The second-order valence-corrected chi connectivity index (χ2v) is 6.93. The van der Waals surface area contributed by atoms with Crippen LogP contribution in [-0.2, 0) is 11.2 Å². The van der Waals surface area contributed by atoms with Crippen LogP contribution in [-0.4, -0.2) is 42.2 Å². The first-order chi connectivity index (χ1) is 10.1. The minimum absolute atomic E-state index is 0.139. The first-order valence-electron chi connectivity index (χ1n) is 7.64. The molecule has 1 saturated heterocycles. The molecule has 2 aromatic rings. The molecule has 0 bridgehead atoms. The van der Waals surface area contributed by atoms with Gasteiger partial charge >= 0.3 is 0 Å². The summed E-state index contributed by atoms with van der Waals surface area (Å²) >= 11 is 1.68. The van der Waals surface area contributed by atoms with E-state index in [1.165, 1.54) is 5.69 Å². The summed E-state index contributed by atoms with van der Waals surface area (Å²) in [4.78, 5) is 8.17. The van der Waals surface area contributed by atoms with Crippen LogP contribution in [0.25, 0.3) is 4.96 Å². The molecule has 21 heavy (non-hydrogen) atoms. The van der Waals surface area contributed by atoms with E-state index >= 15 is 0 Å². The van der Waals surface area contributed by atoms with Crippen molar-refractivity contribution in [2.24, 2.45) is 11.7 Å². The van der Waals surface area contributed by atoms with E-state index in [0.29, 0.717) is 5.92 Å². The summed E-state index contributed by atoms with van der Waals surface area (Å²) in [6.45, 7) is 4.88. The van der Waals surface area contributed by atoms with E-state index in [1.54, 1.807) is 11.3 Å². The van der Waals surface area contributed by atoms with Gasteiger partial charge in [0.15, 0.2) is 10.8 Å². The predicted octanol–water partition coefficient (Wildman–Crippen LogP) is 2.15. The number of fused-ring (bicyclic) bond motifs is 1. The molecule has 0 spiro atoms. The molecule has 3 heterocycles. The molecule has 1 fully saturated rings. The minimum Gasteiger partial charge on any atom is -0.381 e. The van der Waals surface area contributed by atoms with Gasteiger partial charge in [-0.15, -0.1) is 11.3 Å². The second-order valence-electron chi connectivity index (χ2n) is 6.06. The van der Waals surface area contributed by atoms with Gasteiger partial charge in [-0.05, 0) is 25.7 Å². The summed E-state index contributed by atoms with van der Waals surface area (Å²) in [6.07, 6.45) is 5.24. The van der Waals surface area contributed by atoms with Crippen molar-refractivity contribution in [3.8, 4) is 0 Å². The van der Waals surface area contributed by atoms with Crippen LogP contribution in [0.2, 0.25) is 0 Å². The number of nitrogens with two attached hydrogens (primary N) is 1. The van der Waals surface area contributed by atoms with Crippen LogP contribution in [0.3, 0.4) is 0 Å². The maximum Gasteiger partial charge on any atom is 0.195 e. The van der Waals surface area contributed by atoms with Crippen molar-refractivity contribution < 1.29 is 4.74 Å². The zero-order valence-electron chi connectivity index (χ0n) is 12.8. The van der Waals surface area contributed by atoms with Gasteiger partial charge in [-0.1, -0.05) is 0 Å². The smallest absolute Gasteiger partial charge is 0.195 e. The van der Waals surface area contributed by atoms with Crippen LogP contribution in [0.1, 0.15) is 25.5 Å². The SMILES string of the molecule is CC(N)Cc1c(N(C)CC2CCOCC2)nc2sccn12. The maximum absolute atomic E-state index is 6.02. The van der Waals surface area contributed by atoms with E-state index in [9.17, 15) is 0 Å². The van der Waals surface area contributed by atoms with Crippen LogP contribution >= 0.6 is 11.3 Å². The quantitative estimate of drug-likeness (QED) is 0.919. The topological polar surface area (TPSA) is 55.8 Å². The Kier molecular flexibility index (Phi) is 4.47. The van der Waals surface area contributed by atoms with Gasteiger partial charge in [0.05, 0.1) is 5.69 Å². The van der Waals surface area contributed by atoms with Crippen molar-refractivity contribution in [3.05, 3.63) is 17.3 Å². The molecule has 3 rings (SSSR count). The summed E-state index contributed by atoms with van der Waals surface area (Å²) in [5.41, 5.74) is 7.26. The molecule has 0 aliphatic carbocycles. The molecule has 6 heteroatoms. The molecule has 1 unspecified atom stereocenters. The zero-order valence-corrected chi connectivity index (χ0v) is 13.6. The molecule has 1 aliphatic heterocycles. The third-order valence-electron chi connectivity index (χ3n) is 4.09. The molecule has 0 amide bonds. The molecule has 0 saturated carbocycles. The lowest BCUT2D eigenvalue weighted by atomic mass is 10.00. The number of imidazole rings is 1. The Labute approximate surface area is 129 Å². The number of anilines is 1. The Balaban J connectivity index is 1.82. The van der Waals surface area contributed by atoms with Crippen molar-refractivity contribution >= 4 is 22.1 Å². The van der Waals surface area contributed by atoms with Crippen molar-refractivity contribution in [1.82, 2.24) is 9.38 Å². The fourth-order valence-electron chi connectivity index (χ4n) is 3.02. The summed E-state index contributed by atoms with van der Waals surface area (Å²) in [7, 11) is 2.15. The van der Waals surface area contributed by atoms with Gasteiger partial charge in [0.2, 0.25) is 0 Å². The average Bonchev–Trinajstić information content (AvgIpc) is 3.02. The molecular weight excluding hydrogens is 284 g/mol. The van der Waals surface area contributed by atoms with Gasteiger partial charge < -0.3 is 15.4 Å². The van der Waals surface area contributed by atoms with Gasteiger partial charge in [-0.2, -0.15) is 0 Å². The molecule has 2 aromatic heterocycles. The lowest BCUT2D eigenvalue weighted by Crippen LogP contribution is -2.31. The summed E-state index contributed by atoms with van der Waals surface area (Å²) in [5, 5.41) is 2.08. The summed E-state index contributed by atoms with van der Waals surface area (Å²) < 4.78 is 7.63. The molecule has 0 aromatic carbocycles. The lowest BCUT2D eigenvalue weighted by molar-refractivity contribution is 0.0685. The average molecular weight is 308 g/mol. The van der Waals surface area contributed by atoms with E-state index in [0.717, 1.165) is 49.8 Å². The molecule has 1 aliphatic rings. The zero-order chi connectivity index (χ0) is 14.8. The van der Waals surface area contributed by atoms with E-state index in [1.807, 2.05) is 6.92 Å². The van der Waals surface area contributed by atoms with E-state index in [4.69, 9.17) is 15.5 Å².